The van der Waals surface area contributed by atoms with Gasteiger partial charge in [0.25, 0.3) is 0 Å². The zero-order chi connectivity index (χ0) is 18.3. The number of fused-ring (bicyclic) bond motifs is 1. The topological polar surface area (TPSA) is 91.8 Å². The second-order valence-corrected chi connectivity index (χ2v) is 8.74. The number of nitrogens with zero attached hydrogens (tertiary/aromatic N) is 4. The van der Waals surface area contributed by atoms with E-state index in [-0.39, 0.29) is 5.16 Å². The van der Waals surface area contributed by atoms with Gasteiger partial charge in [-0.05, 0) is 43.4 Å². The number of pyridine rings is 1. The standard InChI is InChI=1S/C18H21N5O2S/c1-12-10-16(22-18(21-12)26(2,24)25)23-8-5-13(6-9-23)15-11-20-17-14(15)4-3-7-19-17/h3-4,7,10-11,13H,5-6,8-9H2,1-2H3,(H,19,20). The van der Waals surface area contributed by atoms with Gasteiger partial charge in [0.2, 0.25) is 15.0 Å². The quantitative estimate of drug-likeness (QED) is 0.711. The van der Waals surface area contributed by atoms with E-state index in [9.17, 15) is 8.42 Å². The van der Waals surface area contributed by atoms with Crippen LogP contribution in [0.25, 0.3) is 11.0 Å². The molecule has 26 heavy (non-hydrogen) atoms. The summed E-state index contributed by atoms with van der Waals surface area (Å²) in [5.74, 6) is 1.15. The van der Waals surface area contributed by atoms with Gasteiger partial charge in [-0.1, -0.05) is 0 Å². The third kappa shape index (κ3) is 3.16. The van der Waals surface area contributed by atoms with Gasteiger partial charge in [0.05, 0.1) is 0 Å². The number of hydrogen-bond donors (Lipinski definition) is 1. The largest absolute Gasteiger partial charge is 0.356 e. The zero-order valence-electron chi connectivity index (χ0n) is 14.8. The first kappa shape index (κ1) is 17.0. The van der Waals surface area contributed by atoms with Gasteiger partial charge >= 0.3 is 0 Å². The Bertz CT molecular complexity index is 1050. The summed E-state index contributed by atoms with van der Waals surface area (Å²) in [6.07, 6.45) is 6.97. The Morgan fingerprint density at radius 1 is 1.23 bits per heavy atom. The van der Waals surface area contributed by atoms with Crippen LogP contribution in [0.2, 0.25) is 0 Å². The molecule has 1 N–H and O–H groups in total. The van der Waals surface area contributed by atoms with E-state index in [1.807, 2.05) is 12.1 Å². The lowest BCUT2D eigenvalue weighted by molar-refractivity contribution is 0.503. The second kappa shape index (κ2) is 6.35. The number of piperidine rings is 1. The molecule has 3 aromatic rings. The molecule has 0 radical (unpaired) electrons. The molecule has 8 heteroatoms. The highest BCUT2D eigenvalue weighted by Crippen LogP contribution is 2.33. The summed E-state index contributed by atoms with van der Waals surface area (Å²) in [5, 5.41) is 1.08. The van der Waals surface area contributed by atoms with Crippen molar-refractivity contribution in [2.24, 2.45) is 0 Å². The van der Waals surface area contributed by atoms with Crippen LogP contribution < -0.4 is 4.90 Å². The molecule has 3 aromatic heterocycles. The maximum atomic E-state index is 11.8. The van der Waals surface area contributed by atoms with Gasteiger partial charge in [-0.15, -0.1) is 0 Å². The fourth-order valence-corrected chi connectivity index (χ4v) is 4.16. The van der Waals surface area contributed by atoms with E-state index in [1.54, 1.807) is 13.1 Å². The maximum Gasteiger partial charge on any atom is 0.248 e. The minimum atomic E-state index is -3.42. The molecule has 0 spiro atoms. The molecule has 7 nitrogen and oxygen atoms in total. The van der Waals surface area contributed by atoms with Crippen LogP contribution >= 0.6 is 0 Å². The van der Waals surface area contributed by atoms with E-state index >= 15 is 0 Å². The third-order valence-corrected chi connectivity index (χ3v) is 5.74. The summed E-state index contributed by atoms with van der Waals surface area (Å²) >= 11 is 0. The van der Waals surface area contributed by atoms with E-state index < -0.39 is 9.84 Å². The molecule has 0 aliphatic carbocycles. The predicted molar refractivity (Wildman–Crippen MR) is 100 cm³/mol. The summed E-state index contributed by atoms with van der Waals surface area (Å²) < 4.78 is 23.6. The molecule has 4 heterocycles. The van der Waals surface area contributed by atoms with Crippen LogP contribution in [0.3, 0.4) is 0 Å². The summed E-state index contributed by atoms with van der Waals surface area (Å²) in [5.41, 5.74) is 2.90. The Balaban J connectivity index is 1.55. The monoisotopic (exact) mass is 371 g/mol. The van der Waals surface area contributed by atoms with Crippen molar-refractivity contribution in [2.45, 2.75) is 30.8 Å². The maximum absolute atomic E-state index is 11.8. The first-order valence-electron chi connectivity index (χ1n) is 8.64. The first-order chi connectivity index (χ1) is 12.4. The molecule has 1 aliphatic rings. The van der Waals surface area contributed by atoms with E-state index in [4.69, 9.17) is 0 Å². The molecule has 0 bridgehead atoms. The Morgan fingerprint density at radius 2 is 2.00 bits per heavy atom. The fourth-order valence-electron chi connectivity index (χ4n) is 3.59. The van der Waals surface area contributed by atoms with Gasteiger partial charge in [0.1, 0.15) is 11.5 Å². The highest BCUT2D eigenvalue weighted by molar-refractivity contribution is 7.90. The van der Waals surface area contributed by atoms with Crippen molar-refractivity contribution in [3.63, 3.8) is 0 Å². The Kier molecular flexibility index (Phi) is 4.14. The Labute approximate surface area is 152 Å². The lowest BCUT2D eigenvalue weighted by Gasteiger charge is -2.33. The SMILES string of the molecule is Cc1cc(N2CCC(c3c[nH]c4ncccc34)CC2)nc(S(C)(=O)=O)n1. The molecule has 0 unspecified atom stereocenters. The lowest BCUT2D eigenvalue weighted by Crippen LogP contribution is -2.33. The van der Waals surface area contributed by atoms with E-state index in [0.717, 1.165) is 37.8 Å². The van der Waals surface area contributed by atoms with E-state index in [2.05, 4.69) is 37.1 Å². The molecular weight excluding hydrogens is 350 g/mol. The summed E-state index contributed by atoms with van der Waals surface area (Å²) in [6.45, 7) is 3.46. The molecule has 0 amide bonds. The van der Waals surface area contributed by atoms with E-state index in [0.29, 0.717) is 17.4 Å². The third-order valence-electron chi connectivity index (χ3n) is 4.89. The smallest absolute Gasteiger partial charge is 0.248 e. The number of sulfone groups is 1. The molecule has 4 rings (SSSR count). The molecule has 1 fully saturated rings. The Hall–Kier alpha value is -2.48. The van der Waals surface area contributed by atoms with Gasteiger partial charge < -0.3 is 9.88 Å². The number of nitrogens with one attached hydrogen (secondary N) is 1. The van der Waals surface area contributed by atoms with Crippen LogP contribution in [0.5, 0.6) is 0 Å². The summed E-state index contributed by atoms with van der Waals surface area (Å²) in [7, 11) is -3.42. The Morgan fingerprint density at radius 3 is 2.73 bits per heavy atom. The summed E-state index contributed by atoms with van der Waals surface area (Å²) in [4.78, 5) is 18.1. The average Bonchev–Trinajstić information content (AvgIpc) is 3.05. The highest BCUT2D eigenvalue weighted by Gasteiger charge is 2.25. The molecule has 0 aromatic carbocycles. The summed E-state index contributed by atoms with van der Waals surface area (Å²) in [6, 6.07) is 5.92. The van der Waals surface area contributed by atoms with Crippen molar-refractivity contribution in [3.05, 3.63) is 41.9 Å². The van der Waals surface area contributed by atoms with Crippen molar-refractivity contribution in [1.82, 2.24) is 19.9 Å². The number of hydrogen-bond acceptors (Lipinski definition) is 6. The molecule has 0 atom stereocenters. The minimum Gasteiger partial charge on any atom is -0.356 e. The van der Waals surface area contributed by atoms with Crippen molar-refractivity contribution in [1.29, 1.82) is 0 Å². The van der Waals surface area contributed by atoms with Crippen LogP contribution in [0.4, 0.5) is 5.82 Å². The minimum absolute atomic E-state index is 0.0997. The van der Waals surface area contributed by atoms with Crippen molar-refractivity contribution in [3.8, 4) is 0 Å². The molecule has 0 saturated carbocycles. The van der Waals surface area contributed by atoms with Crippen LogP contribution in [0.15, 0.2) is 35.7 Å². The number of aromatic nitrogens is 4. The number of rotatable bonds is 3. The molecular formula is C18H21N5O2S. The van der Waals surface area contributed by atoms with Gasteiger partial charge in [-0.25, -0.2) is 23.4 Å². The first-order valence-corrected chi connectivity index (χ1v) is 10.5. The normalized spacial score (nSPS) is 16.3. The average molecular weight is 371 g/mol. The lowest BCUT2D eigenvalue weighted by atomic mass is 9.89. The number of aryl methyl sites for hydroxylation is 1. The number of aromatic amines is 1. The molecule has 1 aliphatic heterocycles. The number of anilines is 1. The van der Waals surface area contributed by atoms with Gasteiger partial charge in [-0.2, -0.15) is 0 Å². The predicted octanol–water partition coefficient (Wildman–Crippen LogP) is 2.45. The van der Waals surface area contributed by atoms with Crippen molar-refractivity contribution >= 4 is 26.7 Å². The zero-order valence-corrected chi connectivity index (χ0v) is 15.6. The van der Waals surface area contributed by atoms with Crippen LogP contribution in [-0.4, -0.2) is 47.7 Å². The van der Waals surface area contributed by atoms with Gasteiger partial charge in [0, 0.05) is 48.9 Å². The highest BCUT2D eigenvalue weighted by atomic mass is 32.2. The second-order valence-electron chi connectivity index (χ2n) is 6.83. The van der Waals surface area contributed by atoms with Crippen LogP contribution in [0.1, 0.15) is 30.0 Å². The van der Waals surface area contributed by atoms with Crippen LogP contribution in [0, 0.1) is 6.92 Å². The van der Waals surface area contributed by atoms with Crippen LogP contribution in [-0.2, 0) is 9.84 Å². The number of H-pyrrole nitrogens is 1. The molecule has 1 saturated heterocycles. The van der Waals surface area contributed by atoms with Gasteiger partial charge in [-0.3, -0.25) is 0 Å². The van der Waals surface area contributed by atoms with Crippen molar-refractivity contribution in [2.75, 3.05) is 24.2 Å². The molecule has 136 valence electrons. The van der Waals surface area contributed by atoms with Gasteiger partial charge in [0.15, 0.2) is 0 Å². The van der Waals surface area contributed by atoms with Crippen molar-refractivity contribution < 1.29 is 8.42 Å². The fraction of sp³-hybridized carbons (Fsp3) is 0.389. The van der Waals surface area contributed by atoms with E-state index in [1.165, 1.54) is 10.9 Å².